The van der Waals surface area contributed by atoms with Crippen LogP contribution in [0.15, 0.2) is 41.1 Å². The van der Waals surface area contributed by atoms with Crippen LogP contribution in [0.5, 0.6) is 0 Å². The van der Waals surface area contributed by atoms with E-state index in [-0.39, 0.29) is 11.9 Å². The van der Waals surface area contributed by atoms with Gasteiger partial charge in [-0.3, -0.25) is 4.98 Å². The Hall–Kier alpha value is -1.13. The van der Waals surface area contributed by atoms with Crippen molar-refractivity contribution >= 4 is 33.2 Å². The van der Waals surface area contributed by atoms with Gasteiger partial charge in [0.1, 0.15) is 5.82 Å². The number of hydrogen-bond donors (Lipinski definition) is 1. The molecule has 2 rings (SSSR count). The molecule has 0 amide bonds. The van der Waals surface area contributed by atoms with Crippen molar-refractivity contribution in [2.75, 3.05) is 5.32 Å². The summed E-state index contributed by atoms with van der Waals surface area (Å²) in [6.07, 6.45) is 3.46. The Kier molecular flexibility index (Phi) is 4.19. The molecule has 94 valence electrons. The van der Waals surface area contributed by atoms with Crippen LogP contribution in [0.1, 0.15) is 18.5 Å². The minimum absolute atomic E-state index is 0.0484. The average Bonchev–Trinajstić information content (AvgIpc) is 2.34. The number of anilines is 1. The van der Waals surface area contributed by atoms with Crippen LogP contribution in [-0.2, 0) is 0 Å². The van der Waals surface area contributed by atoms with Crippen LogP contribution in [0.4, 0.5) is 10.1 Å². The molecule has 0 saturated carbocycles. The zero-order valence-corrected chi connectivity index (χ0v) is 12.0. The van der Waals surface area contributed by atoms with E-state index in [9.17, 15) is 4.39 Å². The molecule has 1 aromatic carbocycles. The largest absolute Gasteiger partial charge is 0.376 e. The first-order valence-corrected chi connectivity index (χ1v) is 6.56. The van der Waals surface area contributed by atoms with Crippen LogP contribution >= 0.6 is 27.5 Å². The lowest BCUT2D eigenvalue weighted by Crippen LogP contribution is -2.07. The fourth-order valence-electron chi connectivity index (χ4n) is 1.63. The molecule has 0 radical (unpaired) electrons. The van der Waals surface area contributed by atoms with Crippen molar-refractivity contribution in [2.24, 2.45) is 0 Å². The third-order valence-corrected chi connectivity index (χ3v) is 3.50. The normalized spacial score (nSPS) is 12.2. The van der Waals surface area contributed by atoms with Crippen molar-refractivity contribution in [1.82, 2.24) is 4.98 Å². The lowest BCUT2D eigenvalue weighted by molar-refractivity contribution is 0.627. The number of nitrogens with one attached hydrogen (secondary N) is 1. The molecular formula is C13H11BrClFN2. The molecule has 18 heavy (non-hydrogen) atoms. The maximum Gasteiger partial charge on any atom is 0.125 e. The highest BCUT2D eigenvalue weighted by atomic mass is 79.9. The summed E-state index contributed by atoms with van der Waals surface area (Å²) in [4.78, 5) is 3.97. The molecular weight excluding hydrogens is 319 g/mol. The molecule has 1 unspecified atom stereocenters. The summed E-state index contributed by atoms with van der Waals surface area (Å²) in [5, 5.41) is 3.60. The van der Waals surface area contributed by atoms with Gasteiger partial charge < -0.3 is 5.32 Å². The minimum atomic E-state index is -0.367. The standard InChI is InChI=1S/C13H11BrClFN2/c1-8(9-2-4-17-5-3-9)18-13-11(14)6-10(16)7-12(13)15/h2-8,18H,1H3. The van der Waals surface area contributed by atoms with Gasteiger partial charge >= 0.3 is 0 Å². The number of halogens is 3. The van der Waals surface area contributed by atoms with Gasteiger partial charge in [0.25, 0.3) is 0 Å². The molecule has 0 aliphatic carbocycles. The van der Waals surface area contributed by atoms with Crippen molar-refractivity contribution in [1.29, 1.82) is 0 Å². The number of rotatable bonds is 3. The third-order valence-electron chi connectivity index (χ3n) is 2.57. The van der Waals surface area contributed by atoms with Gasteiger partial charge in [-0.15, -0.1) is 0 Å². The molecule has 1 atom stereocenters. The predicted molar refractivity (Wildman–Crippen MR) is 75.4 cm³/mol. The molecule has 1 aromatic heterocycles. The Bertz CT molecular complexity index is 525. The Morgan fingerprint density at radius 3 is 2.61 bits per heavy atom. The maximum absolute atomic E-state index is 13.1. The van der Waals surface area contributed by atoms with Crippen LogP contribution in [0.2, 0.25) is 5.02 Å². The summed E-state index contributed by atoms with van der Waals surface area (Å²) in [6.45, 7) is 2.00. The molecule has 0 fully saturated rings. The SMILES string of the molecule is CC(Nc1c(Cl)cc(F)cc1Br)c1ccncc1. The van der Waals surface area contributed by atoms with E-state index < -0.39 is 0 Å². The summed E-state index contributed by atoms with van der Waals surface area (Å²) in [5.74, 6) is -0.367. The van der Waals surface area contributed by atoms with E-state index in [0.717, 1.165) is 5.56 Å². The summed E-state index contributed by atoms with van der Waals surface area (Å²) in [6, 6.07) is 6.56. The molecule has 0 saturated heterocycles. The summed E-state index contributed by atoms with van der Waals surface area (Å²) in [5.41, 5.74) is 1.76. The third kappa shape index (κ3) is 3.00. The first-order chi connectivity index (χ1) is 8.58. The second-order valence-corrected chi connectivity index (χ2v) is 5.15. The van der Waals surface area contributed by atoms with Crippen LogP contribution < -0.4 is 5.32 Å². The monoisotopic (exact) mass is 328 g/mol. The van der Waals surface area contributed by atoms with Crippen molar-refractivity contribution in [3.8, 4) is 0 Å². The highest BCUT2D eigenvalue weighted by molar-refractivity contribution is 9.10. The summed E-state index contributed by atoms with van der Waals surface area (Å²) in [7, 11) is 0. The van der Waals surface area contributed by atoms with E-state index in [0.29, 0.717) is 15.2 Å². The van der Waals surface area contributed by atoms with Crippen molar-refractivity contribution in [3.63, 3.8) is 0 Å². The van der Waals surface area contributed by atoms with Gasteiger partial charge in [0, 0.05) is 22.9 Å². The van der Waals surface area contributed by atoms with Gasteiger partial charge in [-0.05, 0) is 52.7 Å². The fourth-order valence-corrected chi connectivity index (χ4v) is 2.55. The quantitative estimate of drug-likeness (QED) is 0.874. The number of pyridine rings is 1. The molecule has 5 heteroatoms. The van der Waals surface area contributed by atoms with Gasteiger partial charge in [-0.1, -0.05) is 11.6 Å². The van der Waals surface area contributed by atoms with Crippen LogP contribution in [-0.4, -0.2) is 4.98 Å². The minimum Gasteiger partial charge on any atom is -0.376 e. The molecule has 2 aromatic rings. The second-order valence-electron chi connectivity index (χ2n) is 3.89. The number of benzene rings is 1. The fraction of sp³-hybridized carbons (Fsp3) is 0.154. The van der Waals surface area contributed by atoms with Gasteiger partial charge in [0.2, 0.25) is 0 Å². The molecule has 0 aliphatic heterocycles. The Morgan fingerprint density at radius 2 is 2.00 bits per heavy atom. The van der Waals surface area contributed by atoms with Crippen LogP contribution in [0, 0.1) is 5.82 Å². The first kappa shape index (κ1) is 13.3. The molecule has 2 nitrogen and oxygen atoms in total. The number of hydrogen-bond acceptors (Lipinski definition) is 2. The van der Waals surface area contributed by atoms with Crippen molar-refractivity contribution in [3.05, 3.63) is 57.5 Å². The zero-order chi connectivity index (χ0) is 13.1. The number of aromatic nitrogens is 1. The Morgan fingerprint density at radius 1 is 1.33 bits per heavy atom. The first-order valence-electron chi connectivity index (χ1n) is 5.39. The molecule has 1 heterocycles. The zero-order valence-electron chi connectivity index (χ0n) is 9.62. The summed E-state index contributed by atoms with van der Waals surface area (Å²) >= 11 is 9.32. The van der Waals surface area contributed by atoms with E-state index in [1.165, 1.54) is 12.1 Å². The van der Waals surface area contributed by atoms with Crippen molar-refractivity contribution < 1.29 is 4.39 Å². The van der Waals surface area contributed by atoms with E-state index in [1.807, 2.05) is 19.1 Å². The molecule has 0 bridgehead atoms. The lowest BCUT2D eigenvalue weighted by atomic mass is 10.1. The van der Waals surface area contributed by atoms with Gasteiger partial charge in [0.15, 0.2) is 0 Å². The van der Waals surface area contributed by atoms with E-state index >= 15 is 0 Å². The van der Waals surface area contributed by atoms with E-state index in [2.05, 4.69) is 26.2 Å². The Balaban J connectivity index is 2.25. The highest BCUT2D eigenvalue weighted by Crippen LogP contribution is 2.34. The second kappa shape index (κ2) is 5.67. The van der Waals surface area contributed by atoms with Gasteiger partial charge in [-0.2, -0.15) is 0 Å². The molecule has 0 spiro atoms. The van der Waals surface area contributed by atoms with E-state index in [4.69, 9.17) is 11.6 Å². The number of nitrogens with zero attached hydrogens (tertiary/aromatic N) is 1. The van der Waals surface area contributed by atoms with Crippen LogP contribution in [0.3, 0.4) is 0 Å². The molecule has 0 aliphatic rings. The van der Waals surface area contributed by atoms with E-state index in [1.54, 1.807) is 12.4 Å². The average molecular weight is 330 g/mol. The van der Waals surface area contributed by atoms with Gasteiger partial charge in [-0.25, -0.2) is 4.39 Å². The maximum atomic E-state index is 13.1. The van der Waals surface area contributed by atoms with Crippen LogP contribution in [0.25, 0.3) is 0 Å². The highest BCUT2D eigenvalue weighted by Gasteiger charge is 2.12. The smallest absolute Gasteiger partial charge is 0.125 e. The molecule has 1 N–H and O–H groups in total. The Labute approximate surface area is 118 Å². The predicted octanol–water partition coefficient (Wildman–Crippen LogP) is 4.81. The van der Waals surface area contributed by atoms with Gasteiger partial charge in [0.05, 0.1) is 10.7 Å². The van der Waals surface area contributed by atoms with Crippen molar-refractivity contribution in [2.45, 2.75) is 13.0 Å². The topological polar surface area (TPSA) is 24.9 Å². The lowest BCUT2D eigenvalue weighted by Gasteiger charge is -2.18. The summed E-state index contributed by atoms with van der Waals surface area (Å²) < 4.78 is 13.7.